The van der Waals surface area contributed by atoms with Gasteiger partial charge < -0.3 is 10.6 Å². The number of pyridine rings is 1. The highest BCUT2D eigenvalue weighted by Crippen LogP contribution is 2.42. The molecule has 2 N–H and O–H groups in total. The molecular formula is C23H21N3O3S2. The molecule has 3 aromatic rings. The SMILES string of the molecule is CC(C)(CN1C(=O)C(C(=O)c2cccs2)c2cc(Sc3ccccc3)ncc21)C(N)=O. The highest BCUT2D eigenvalue weighted by atomic mass is 32.2. The molecule has 158 valence electrons. The van der Waals surface area contributed by atoms with Crippen LogP contribution in [0.1, 0.15) is 35.0 Å². The molecule has 31 heavy (non-hydrogen) atoms. The molecule has 1 unspecified atom stereocenters. The average Bonchev–Trinajstić information content (AvgIpc) is 3.36. The fraction of sp³-hybridized carbons (Fsp3) is 0.217. The lowest BCUT2D eigenvalue weighted by Crippen LogP contribution is -2.44. The standard InChI is InChI=1S/C23H21N3O3S2/c1-23(2,22(24)29)13-26-16-12-25-18(31-14-7-4-3-5-8-14)11-15(16)19(21(26)28)20(27)17-9-6-10-30-17/h3-12,19H,13H2,1-2H3,(H2,24,29). The Morgan fingerprint density at radius 2 is 1.94 bits per heavy atom. The third kappa shape index (κ3) is 4.13. The predicted molar refractivity (Wildman–Crippen MR) is 122 cm³/mol. The number of Topliss-reactive ketones (excluding diaryl/α,β-unsaturated/α-hetero) is 1. The molecular weight excluding hydrogens is 430 g/mol. The van der Waals surface area contributed by atoms with E-state index >= 15 is 0 Å². The second kappa shape index (κ2) is 8.28. The molecule has 1 atom stereocenters. The number of hydrogen-bond acceptors (Lipinski definition) is 6. The van der Waals surface area contributed by atoms with Crippen LogP contribution in [0.5, 0.6) is 0 Å². The summed E-state index contributed by atoms with van der Waals surface area (Å²) in [4.78, 5) is 46.0. The number of nitrogens with zero attached hydrogens (tertiary/aromatic N) is 2. The van der Waals surface area contributed by atoms with Gasteiger partial charge in [0.1, 0.15) is 10.9 Å². The Balaban J connectivity index is 1.75. The van der Waals surface area contributed by atoms with Crippen LogP contribution >= 0.6 is 23.1 Å². The van der Waals surface area contributed by atoms with E-state index in [1.165, 1.54) is 28.0 Å². The average molecular weight is 452 g/mol. The zero-order valence-corrected chi connectivity index (χ0v) is 18.7. The molecule has 0 spiro atoms. The van der Waals surface area contributed by atoms with Crippen molar-refractivity contribution < 1.29 is 14.4 Å². The van der Waals surface area contributed by atoms with Gasteiger partial charge in [-0.3, -0.25) is 14.4 Å². The molecule has 0 fully saturated rings. The summed E-state index contributed by atoms with van der Waals surface area (Å²) in [6.07, 6.45) is 1.61. The van der Waals surface area contributed by atoms with Gasteiger partial charge >= 0.3 is 0 Å². The van der Waals surface area contributed by atoms with Gasteiger partial charge in [-0.25, -0.2) is 4.98 Å². The molecule has 2 amide bonds. The number of anilines is 1. The van der Waals surface area contributed by atoms with Crippen LogP contribution in [0, 0.1) is 5.41 Å². The van der Waals surface area contributed by atoms with E-state index in [0.29, 0.717) is 21.2 Å². The highest BCUT2D eigenvalue weighted by Gasteiger charge is 2.45. The summed E-state index contributed by atoms with van der Waals surface area (Å²) in [5.41, 5.74) is 5.74. The Labute approximate surface area is 188 Å². The van der Waals surface area contributed by atoms with Crippen LogP contribution in [-0.2, 0) is 9.59 Å². The van der Waals surface area contributed by atoms with Gasteiger partial charge in [0, 0.05) is 17.0 Å². The predicted octanol–water partition coefficient (Wildman–Crippen LogP) is 4.12. The molecule has 1 aromatic carbocycles. The van der Waals surface area contributed by atoms with Crippen molar-refractivity contribution in [2.75, 3.05) is 11.4 Å². The minimum Gasteiger partial charge on any atom is -0.369 e. The number of rotatable bonds is 7. The molecule has 8 heteroatoms. The van der Waals surface area contributed by atoms with Gasteiger partial charge in [0.25, 0.3) is 0 Å². The largest absolute Gasteiger partial charge is 0.369 e. The molecule has 1 aliphatic heterocycles. The molecule has 6 nitrogen and oxygen atoms in total. The van der Waals surface area contributed by atoms with E-state index < -0.39 is 17.2 Å². The number of benzene rings is 1. The van der Waals surface area contributed by atoms with Crippen LogP contribution in [0.3, 0.4) is 0 Å². The Morgan fingerprint density at radius 1 is 1.19 bits per heavy atom. The number of carbonyl (C=O) groups excluding carboxylic acids is 3. The Bertz CT molecular complexity index is 1140. The molecule has 2 aromatic heterocycles. The lowest BCUT2D eigenvalue weighted by molar-refractivity contribution is -0.126. The van der Waals surface area contributed by atoms with Crippen LogP contribution in [-0.4, -0.2) is 29.1 Å². The molecule has 0 saturated heterocycles. The molecule has 1 aliphatic rings. The number of amides is 2. The first-order valence-electron chi connectivity index (χ1n) is 9.70. The maximum absolute atomic E-state index is 13.4. The van der Waals surface area contributed by atoms with Gasteiger partial charge in [0.05, 0.1) is 22.2 Å². The van der Waals surface area contributed by atoms with E-state index in [9.17, 15) is 14.4 Å². The molecule has 0 aliphatic carbocycles. The smallest absolute Gasteiger partial charge is 0.242 e. The van der Waals surface area contributed by atoms with Crippen LogP contribution in [0.15, 0.2) is 70.0 Å². The van der Waals surface area contributed by atoms with E-state index in [4.69, 9.17) is 5.73 Å². The summed E-state index contributed by atoms with van der Waals surface area (Å²) in [7, 11) is 0. The Hall–Kier alpha value is -2.97. The number of nitrogens with two attached hydrogens (primary N) is 1. The number of aromatic nitrogens is 1. The Morgan fingerprint density at radius 3 is 2.58 bits per heavy atom. The lowest BCUT2D eigenvalue weighted by Gasteiger charge is -2.27. The molecule has 0 radical (unpaired) electrons. The third-order valence-electron chi connectivity index (χ3n) is 5.22. The second-order valence-electron chi connectivity index (χ2n) is 7.94. The first-order chi connectivity index (χ1) is 14.8. The fourth-order valence-corrected chi connectivity index (χ4v) is 4.94. The topological polar surface area (TPSA) is 93.4 Å². The van der Waals surface area contributed by atoms with Crippen LogP contribution in [0.4, 0.5) is 5.69 Å². The first-order valence-corrected chi connectivity index (χ1v) is 11.4. The summed E-state index contributed by atoms with van der Waals surface area (Å²) in [5.74, 6) is -2.08. The van der Waals surface area contributed by atoms with Crippen molar-refractivity contribution in [3.05, 3.63) is 70.5 Å². The van der Waals surface area contributed by atoms with E-state index in [1.54, 1.807) is 38.2 Å². The Kier molecular flexibility index (Phi) is 5.68. The first kappa shape index (κ1) is 21.3. The number of fused-ring (bicyclic) bond motifs is 1. The number of thiophene rings is 1. The number of carbonyl (C=O) groups is 3. The van der Waals surface area contributed by atoms with Gasteiger partial charge in [-0.05, 0) is 43.5 Å². The summed E-state index contributed by atoms with van der Waals surface area (Å²) in [6.45, 7) is 3.45. The van der Waals surface area contributed by atoms with Crippen molar-refractivity contribution in [3.8, 4) is 0 Å². The van der Waals surface area contributed by atoms with E-state index in [0.717, 1.165) is 4.90 Å². The molecule has 0 bridgehead atoms. The van der Waals surface area contributed by atoms with Gasteiger partial charge in [0.2, 0.25) is 11.8 Å². The zero-order chi connectivity index (χ0) is 22.2. The van der Waals surface area contributed by atoms with E-state index in [-0.39, 0.29) is 18.2 Å². The van der Waals surface area contributed by atoms with Crippen molar-refractivity contribution in [3.63, 3.8) is 0 Å². The monoisotopic (exact) mass is 451 g/mol. The summed E-state index contributed by atoms with van der Waals surface area (Å²) >= 11 is 2.77. The molecule has 4 rings (SSSR count). The number of ketones is 1. The fourth-order valence-electron chi connectivity index (χ4n) is 3.42. The van der Waals surface area contributed by atoms with Gasteiger partial charge in [-0.2, -0.15) is 0 Å². The van der Waals surface area contributed by atoms with Crippen molar-refractivity contribution in [2.24, 2.45) is 11.1 Å². The molecule has 0 saturated carbocycles. The minimum absolute atomic E-state index is 0.0786. The zero-order valence-electron chi connectivity index (χ0n) is 17.1. The maximum Gasteiger partial charge on any atom is 0.242 e. The van der Waals surface area contributed by atoms with Gasteiger partial charge in [-0.15, -0.1) is 11.3 Å². The van der Waals surface area contributed by atoms with Crippen LogP contribution < -0.4 is 10.6 Å². The third-order valence-corrected chi connectivity index (χ3v) is 7.04. The highest BCUT2D eigenvalue weighted by molar-refractivity contribution is 7.99. The van der Waals surface area contributed by atoms with Crippen LogP contribution in [0.25, 0.3) is 0 Å². The number of hydrogen-bond donors (Lipinski definition) is 1. The van der Waals surface area contributed by atoms with Gasteiger partial charge in [-0.1, -0.05) is 36.0 Å². The van der Waals surface area contributed by atoms with Crippen molar-refractivity contribution >= 4 is 46.4 Å². The summed E-state index contributed by atoms with van der Waals surface area (Å²) < 4.78 is 0. The normalized spacial score (nSPS) is 15.7. The van der Waals surface area contributed by atoms with E-state index in [1.807, 2.05) is 35.7 Å². The van der Waals surface area contributed by atoms with Gasteiger partial charge in [0.15, 0.2) is 5.78 Å². The van der Waals surface area contributed by atoms with E-state index in [2.05, 4.69) is 4.98 Å². The van der Waals surface area contributed by atoms with Crippen molar-refractivity contribution in [1.29, 1.82) is 0 Å². The maximum atomic E-state index is 13.4. The quantitative estimate of drug-likeness (QED) is 0.431. The van der Waals surface area contributed by atoms with Crippen LogP contribution in [0.2, 0.25) is 0 Å². The lowest BCUT2D eigenvalue weighted by atomic mass is 9.92. The molecule has 3 heterocycles. The number of primary amides is 1. The second-order valence-corrected chi connectivity index (χ2v) is 9.99. The summed E-state index contributed by atoms with van der Waals surface area (Å²) in [5, 5.41) is 2.50. The summed E-state index contributed by atoms with van der Waals surface area (Å²) in [6, 6.07) is 15.1. The van der Waals surface area contributed by atoms with Crippen molar-refractivity contribution in [2.45, 2.75) is 29.7 Å². The van der Waals surface area contributed by atoms with Crippen molar-refractivity contribution in [1.82, 2.24) is 4.98 Å². The minimum atomic E-state index is -0.963.